The zero-order valence-electron chi connectivity index (χ0n) is 14.2. The third-order valence-corrected chi connectivity index (χ3v) is 4.01. The topological polar surface area (TPSA) is 131 Å². The van der Waals surface area contributed by atoms with Crippen LogP contribution in [0.15, 0.2) is 24.4 Å². The van der Waals surface area contributed by atoms with Gasteiger partial charge in [-0.15, -0.1) is 0 Å². The smallest absolute Gasteiger partial charge is 0.407 e. The minimum atomic E-state index is -0.936. The van der Waals surface area contributed by atoms with E-state index in [4.69, 9.17) is 16.6 Å². The summed E-state index contributed by atoms with van der Waals surface area (Å²) in [6.07, 6.45) is 3.05. The number of rotatable bonds is 1. The Morgan fingerprint density at radius 2 is 2.08 bits per heavy atom. The van der Waals surface area contributed by atoms with Gasteiger partial charge in [0.05, 0.1) is 17.0 Å². The summed E-state index contributed by atoms with van der Waals surface area (Å²) in [5.74, 6) is 6.72. The average Bonchev–Trinajstić information content (AvgIpc) is 2.62. The van der Waals surface area contributed by atoms with Crippen molar-refractivity contribution in [2.24, 2.45) is 0 Å². The predicted molar refractivity (Wildman–Crippen MR) is 98.0 cm³/mol. The minimum absolute atomic E-state index is 0.166. The second-order valence-electron chi connectivity index (χ2n) is 5.82. The Kier molecular flexibility index (Phi) is 4.71. The van der Waals surface area contributed by atoms with Crippen LogP contribution in [0, 0.1) is 18.8 Å². The van der Waals surface area contributed by atoms with Gasteiger partial charge >= 0.3 is 6.09 Å². The molecule has 0 aliphatic carbocycles. The molecule has 0 saturated heterocycles. The molecule has 0 bridgehead atoms. The second-order valence-corrected chi connectivity index (χ2v) is 5.82. The molecule has 1 amide bonds. The predicted octanol–water partition coefficient (Wildman–Crippen LogP) is 1.51. The first-order valence-corrected chi connectivity index (χ1v) is 7.99. The van der Waals surface area contributed by atoms with E-state index in [0.717, 1.165) is 11.1 Å². The highest BCUT2D eigenvalue weighted by atomic mass is 16.4. The largest absolute Gasteiger partial charge is 0.465 e. The number of pyridine rings is 1. The van der Waals surface area contributed by atoms with Crippen LogP contribution < -0.4 is 11.5 Å². The fraction of sp³-hybridized carbons (Fsp3) is 0.222. The number of amides is 1. The summed E-state index contributed by atoms with van der Waals surface area (Å²) >= 11 is 0. The van der Waals surface area contributed by atoms with E-state index >= 15 is 0 Å². The molecule has 0 fully saturated rings. The van der Waals surface area contributed by atoms with Crippen LogP contribution in [0.5, 0.6) is 0 Å². The summed E-state index contributed by atoms with van der Waals surface area (Å²) in [7, 11) is 0. The van der Waals surface area contributed by atoms with E-state index in [0.29, 0.717) is 42.3 Å². The summed E-state index contributed by atoms with van der Waals surface area (Å²) in [4.78, 5) is 25.0. The summed E-state index contributed by atoms with van der Waals surface area (Å²) in [6.45, 7) is 2.53. The molecule has 0 unspecified atom stereocenters. The Bertz CT molecular complexity index is 941. The standard InChI is InChI=1S/C18H18N6O2/c1-11-14(4-2-12-3-5-15(19)21-10-12)16(23-17(20)22-11)13-6-8-24(9-7-13)18(25)26/h3,5-6,10H,7-9H2,1H3,(H2,19,21)(H,25,26)(H2,20,22,23). The maximum absolute atomic E-state index is 11.1. The number of carbonyl (C=O) groups is 1. The van der Waals surface area contributed by atoms with Gasteiger partial charge in [-0.05, 0) is 31.1 Å². The fourth-order valence-electron chi connectivity index (χ4n) is 2.65. The Hall–Kier alpha value is -3.60. The lowest BCUT2D eigenvalue weighted by atomic mass is 9.99. The van der Waals surface area contributed by atoms with Gasteiger partial charge in [0.1, 0.15) is 5.82 Å². The SMILES string of the molecule is Cc1nc(N)nc(C2=CCN(C(=O)O)CC2)c1C#Cc1ccc(N)nc1. The monoisotopic (exact) mass is 350 g/mol. The third-order valence-electron chi connectivity index (χ3n) is 4.01. The maximum atomic E-state index is 11.1. The van der Waals surface area contributed by atoms with E-state index in [9.17, 15) is 4.79 Å². The summed E-state index contributed by atoms with van der Waals surface area (Å²) < 4.78 is 0. The Morgan fingerprint density at radius 1 is 1.27 bits per heavy atom. The summed E-state index contributed by atoms with van der Waals surface area (Å²) in [5, 5.41) is 9.08. The van der Waals surface area contributed by atoms with E-state index in [2.05, 4.69) is 26.8 Å². The van der Waals surface area contributed by atoms with Gasteiger partial charge in [0, 0.05) is 24.8 Å². The molecule has 0 radical (unpaired) electrons. The molecule has 1 aliphatic heterocycles. The maximum Gasteiger partial charge on any atom is 0.407 e. The van der Waals surface area contributed by atoms with Gasteiger partial charge in [0.15, 0.2) is 0 Å². The number of aryl methyl sites for hydroxylation is 1. The lowest BCUT2D eigenvalue weighted by Gasteiger charge is -2.24. The molecule has 0 spiro atoms. The molecule has 2 aromatic heterocycles. The molecular weight excluding hydrogens is 332 g/mol. The summed E-state index contributed by atoms with van der Waals surface area (Å²) in [6, 6.07) is 3.47. The molecule has 132 valence electrons. The summed E-state index contributed by atoms with van der Waals surface area (Å²) in [5.41, 5.74) is 15.0. The van der Waals surface area contributed by atoms with Crippen LogP contribution in [-0.4, -0.2) is 44.1 Å². The highest BCUT2D eigenvalue weighted by molar-refractivity contribution is 5.73. The van der Waals surface area contributed by atoms with Crippen LogP contribution in [0.1, 0.15) is 28.9 Å². The van der Waals surface area contributed by atoms with E-state index in [-0.39, 0.29) is 5.95 Å². The molecule has 1 aliphatic rings. The highest BCUT2D eigenvalue weighted by Gasteiger charge is 2.20. The molecule has 0 aromatic carbocycles. The van der Waals surface area contributed by atoms with Gasteiger partial charge in [0.25, 0.3) is 0 Å². The number of hydrogen-bond donors (Lipinski definition) is 3. The molecule has 2 aromatic rings. The first kappa shape index (κ1) is 17.2. The molecule has 5 N–H and O–H groups in total. The number of nitrogen functional groups attached to an aromatic ring is 2. The van der Waals surface area contributed by atoms with Crippen molar-refractivity contribution >= 4 is 23.4 Å². The number of aromatic nitrogens is 3. The molecule has 26 heavy (non-hydrogen) atoms. The van der Waals surface area contributed by atoms with E-state index in [1.807, 2.05) is 13.0 Å². The van der Waals surface area contributed by atoms with Crippen molar-refractivity contribution in [3.05, 3.63) is 46.9 Å². The number of nitrogens with two attached hydrogens (primary N) is 2. The molecule has 8 nitrogen and oxygen atoms in total. The lowest BCUT2D eigenvalue weighted by molar-refractivity contribution is 0.150. The first-order chi connectivity index (χ1) is 12.4. The number of anilines is 2. The molecule has 0 atom stereocenters. The van der Waals surface area contributed by atoms with Crippen LogP contribution in [-0.2, 0) is 0 Å². The Balaban J connectivity index is 1.99. The van der Waals surface area contributed by atoms with E-state index < -0.39 is 6.09 Å². The van der Waals surface area contributed by atoms with Crippen LogP contribution in [0.3, 0.4) is 0 Å². The normalized spacial score (nSPS) is 13.6. The second kappa shape index (κ2) is 7.11. The number of hydrogen-bond acceptors (Lipinski definition) is 6. The molecule has 0 saturated carbocycles. The molecule has 3 rings (SSSR count). The van der Waals surface area contributed by atoms with Gasteiger partial charge in [-0.1, -0.05) is 17.9 Å². The Labute approximate surface area is 150 Å². The quantitative estimate of drug-likeness (QED) is 0.664. The van der Waals surface area contributed by atoms with Crippen LogP contribution >= 0.6 is 0 Å². The van der Waals surface area contributed by atoms with Crippen molar-refractivity contribution in [1.29, 1.82) is 0 Å². The van der Waals surface area contributed by atoms with Gasteiger partial charge < -0.3 is 21.5 Å². The fourth-order valence-corrected chi connectivity index (χ4v) is 2.65. The Morgan fingerprint density at radius 3 is 2.69 bits per heavy atom. The van der Waals surface area contributed by atoms with Gasteiger partial charge in [-0.3, -0.25) is 0 Å². The average molecular weight is 350 g/mol. The molecule has 8 heteroatoms. The van der Waals surface area contributed by atoms with Gasteiger partial charge in [-0.25, -0.2) is 19.7 Å². The lowest BCUT2D eigenvalue weighted by Crippen LogP contribution is -2.33. The zero-order chi connectivity index (χ0) is 18.7. The molecule has 3 heterocycles. The highest BCUT2D eigenvalue weighted by Crippen LogP contribution is 2.25. The van der Waals surface area contributed by atoms with Crippen molar-refractivity contribution in [2.75, 3.05) is 24.6 Å². The van der Waals surface area contributed by atoms with Crippen molar-refractivity contribution in [1.82, 2.24) is 19.9 Å². The zero-order valence-corrected chi connectivity index (χ0v) is 14.2. The van der Waals surface area contributed by atoms with Crippen LogP contribution in [0.2, 0.25) is 0 Å². The van der Waals surface area contributed by atoms with E-state index in [1.54, 1.807) is 18.3 Å². The molecular formula is C18H18N6O2. The van der Waals surface area contributed by atoms with Crippen LogP contribution in [0.4, 0.5) is 16.6 Å². The van der Waals surface area contributed by atoms with Crippen molar-refractivity contribution in [3.8, 4) is 11.8 Å². The van der Waals surface area contributed by atoms with Crippen molar-refractivity contribution in [3.63, 3.8) is 0 Å². The minimum Gasteiger partial charge on any atom is -0.465 e. The van der Waals surface area contributed by atoms with Crippen molar-refractivity contribution < 1.29 is 9.90 Å². The van der Waals surface area contributed by atoms with E-state index in [1.165, 1.54) is 4.90 Å². The number of nitrogens with zero attached hydrogens (tertiary/aromatic N) is 4. The number of carboxylic acid groups (broad SMARTS) is 1. The third kappa shape index (κ3) is 3.72. The van der Waals surface area contributed by atoms with Crippen LogP contribution in [0.25, 0.3) is 5.57 Å². The first-order valence-electron chi connectivity index (χ1n) is 7.99. The van der Waals surface area contributed by atoms with Crippen molar-refractivity contribution in [2.45, 2.75) is 13.3 Å². The van der Waals surface area contributed by atoms with Gasteiger partial charge in [-0.2, -0.15) is 0 Å². The van der Waals surface area contributed by atoms with Gasteiger partial charge in [0.2, 0.25) is 5.95 Å².